The van der Waals surface area contributed by atoms with Gasteiger partial charge in [0.1, 0.15) is 34.8 Å². The minimum absolute atomic E-state index is 0.0288. The molecule has 0 aliphatic carbocycles. The van der Waals surface area contributed by atoms with Crippen LogP contribution < -0.4 is 21.3 Å². The van der Waals surface area contributed by atoms with Crippen molar-refractivity contribution in [2.24, 2.45) is 0 Å². The smallest absolute Gasteiger partial charge is 0.408 e. The number of alkyl carbamates (subject to hydrolysis) is 2. The van der Waals surface area contributed by atoms with Gasteiger partial charge in [-0.3, -0.25) is 9.59 Å². The lowest BCUT2D eigenvalue weighted by atomic mass is 9.95. The van der Waals surface area contributed by atoms with Gasteiger partial charge < -0.3 is 41.0 Å². The molecule has 254 valence electrons. The van der Waals surface area contributed by atoms with Crippen LogP contribution in [-0.2, 0) is 31.9 Å². The van der Waals surface area contributed by atoms with Crippen LogP contribution in [0, 0.1) is 27.7 Å². The minimum Gasteiger partial charge on any atom is -0.508 e. The molecule has 0 unspecified atom stereocenters. The van der Waals surface area contributed by atoms with Gasteiger partial charge in [-0.15, -0.1) is 0 Å². The highest BCUT2D eigenvalue weighted by Gasteiger charge is 2.28. The normalized spacial score (nSPS) is 12.8. The van der Waals surface area contributed by atoms with Gasteiger partial charge in [-0.25, -0.2) is 9.59 Å². The fourth-order valence-electron chi connectivity index (χ4n) is 4.93. The topological polar surface area (TPSA) is 175 Å². The van der Waals surface area contributed by atoms with E-state index in [-0.39, 0.29) is 37.4 Å². The summed E-state index contributed by atoms with van der Waals surface area (Å²) in [7, 11) is 0. The average molecular weight is 643 g/mol. The van der Waals surface area contributed by atoms with Gasteiger partial charge in [0.15, 0.2) is 0 Å². The monoisotopic (exact) mass is 642 g/mol. The van der Waals surface area contributed by atoms with E-state index >= 15 is 0 Å². The summed E-state index contributed by atoms with van der Waals surface area (Å²) in [5.41, 5.74) is 3.07. The van der Waals surface area contributed by atoms with Gasteiger partial charge in [0.2, 0.25) is 11.8 Å². The highest BCUT2D eigenvalue weighted by atomic mass is 16.6. The number of phenols is 2. The first kappa shape index (κ1) is 37.7. The molecule has 12 nitrogen and oxygen atoms in total. The molecule has 0 heterocycles. The summed E-state index contributed by atoms with van der Waals surface area (Å²) in [5, 5.41) is 30.6. The van der Waals surface area contributed by atoms with Crippen molar-refractivity contribution in [3.8, 4) is 11.5 Å². The minimum atomic E-state index is -1.01. The number of rotatable bonds is 11. The van der Waals surface area contributed by atoms with Gasteiger partial charge in [-0.1, -0.05) is 0 Å². The predicted molar refractivity (Wildman–Crippen MR) is 175 cm³/mol. The Kier molecular flexibility index (Phi) is 12.9. The molecule has 0 spiro atoms. The maximum atomic E-state index is 13.3. The van der Waals surface area contributed by atoms with Crippen LogP contribution in [0.1, 0.15) is 74.9 Å². The third kappa shape index (κ3) is 12.5. The second-order valence-electron chi connectivity index (χ2n) is 13.5. The van der Waals surface area contributed by atoms with Crippen LogP contribution in [0.15, 0.2) is 24.3 Å². The quantitative estimate of drug-likeness (QED) is 0.198. The summed E-state index contributed by atoms with van der Waals surface area (Å²) in [6, 6.07) is 4.34. The lowest BCUT2D eigenvalue weighted by molar-refractivity contribution is -0.124. The Morgan fingerprint density at radius 3 is 1.15 bits per heavy atom. The van der Waals surface area contributed by atoms with Crippen LogP contribution in [-0.4, -0.2) is 70.6 Å². The standard InChI is InChI=1S/C34H50N4O8/c1-19-13-23(39)14-20(2)25(19)17-27(37-31(43)45-33(5,6)7)29(41)35-11-12-36-30(42)28(38-32(44)46-34(8,9)10)18-26-21(3)15-24(40)16-22(26)4/h13-16,27-28,39-40H,11-12,17-18H2,1-10H3,(H,35,41)(H,36,42)(H,37,43)(H,38,44)/t27-,28-/m0/s1. The fourth-order valence-corrected chi connectivity index (χ4v) is 4.93. The summed E-state index contributed by atoms with van der Waals surface area (Å²) in [6.07, 6.45) is -1.23. The van der Waals surface area contributed by atoms with Crippen LogP contribution in [0.2, 0.25) is 0 Å². The number of phenolic OH excluding ortho intramolecular Hbond substituents is 2. The summed E-state index contributed by atoms with van der Waals surface area (Å²) in [4.78, 5) is 51.8. The molecule has 0 saturated carbocycles. The Morgan fingerprint density at radius 1 is 0.609 bits per heavy atom. The van der Waals surface area contributed by atoms with Crippen LogP contribution in [0.3, 0.4) is 0 Å². The zero-order valence-electron chi connectivity index (χ0n) is 28.6. The van der Waals surface area contributed by atoms with Crippen molar-refractivity contribution in [3.05, 3.63) is 57.6 Å². The zero-order valence-corrected chi connectivity index (χ0v) is 28.6. The summed E-state index contributed by atoms with van der Waals surface area (Å²) in [5.74, 6) is -0.784. The van der Waals surface area contributed by atoms with Crippen molar-refractivity contribution >= 4 is 24.0 Å². The van der Waals surface area contributed by atoms with Crippen molar-refractivity contribution < 1.29 is 38.9 Å². The first-order valence-corrected chi connectivity index (χ1v) is 15.3. The van der Waals surface area contributed by atoms with Crippen LogP contribution in [0.5, 0.6) is 11.5 Å². The van der Waals surface area contributed by atoms with Crippen LogP contribution in [0.4, 0.5) is 9.59 Å². The van der Waals surface area contributed by atoms with E-state index in [1.165, 1.54) is 0 Å². The number of nitrogens with one attached hydrogen (secondary N) is 4. The van der Waals surface area contributed by atoms with Crippen LogP contribution >= 0.6 is 0 Å². The number of carbonyl (C=O) groups is 4. The van der Waals surface area contributed by atoms with E-state index in [0.717, 1.165) is 33.4 Å². The first-order valence-electron chi connectivity index (χ1n) is 15.3. The molecule has 0 saturated heterocycles. The number of ether oxygens (including phenoxy) is 2. The molecule has 0 aliphatic heterocycles. The molecule has 2 rings (SSSR count). The average Bonchev–Trinajstić information content (AvgIpc) is 2.86. The molecule has 0 aromatic heterocycles. The third-order valence-electron chi connectivity index (χ3n) is 6.92. The van der Waals surface area contributed by atoms with E-state index in [4.69, 9.17) is 9.47 Å². The van der Waals surface area contributed by atoms with Crippen molar-refractivity contribution in [2.45, 2.75) is 105 Å². The van der Waals surface area contributed by atoms with E-state index in [9.17, 15) is 29.4 Å². The molecule has 0 bridgehead atoms. The maximum absolute atomic E-state index is 13.3. The second-order valence-corrected chi connectivity index (χ2v) is 13.5. The van der Waals surface area contributed by atoms with E-state index in [1.54, 1.807) is 65.8 Å². The molecule has 0 fully saturated rings. The Hall–Kier alpha value is -4.48. The number of aromatic hydroxyl groups is 2. The molecule has 12 heteroatoms. The Labute approximate surface area is 271 Å². The van der Waals surface area contributed by atoms with E-state index in [2.05, 4.69) is 21.3 Å². The molecule has 46 heavy (non-hydrogen) atoms. The molecule has 6 N–H and O–H groups in total. The van der Waals surface area contributed by atoms with Gasteiger partial charge >= 0.3 is 12.2 Å². The number of benzene rings is 2. The zero-order chi connectivity index (χ0) is 35.0. The molecule has 2 atom stereocenters. The Balaban J connectivity index is 2.14. The number of hydrogen-bond donors (Lipinski definition) is 6. The van der Waals surface area contributed by atoms with Crippen molar-refractivity contribution in [2.75, 3.05) is 13.1 Å². The van der Waals surface area contributed by atoms with Crippen molar-refractivity contribution in [1.29, 1.82) is 0 Å². The Bertz CT molecular complexity index is 1270. The van der Waals surface area contributed by atoms with Gasteiger partial charge in [0, 0.05) is 25.9 Å². The van der Waals surface area contributed by atoms with Crippen molar-refractivity contribution in [3.63, 3.8) is 0 Å². The number of hydrogen-bond acceptors (Lipinski definition) is 8. The van der Waals surface area contributed by atoms with Gasteiger partial charge in [0.05, 0.1) is 0 Å². The third-order valence-corrected chi connectivity index (χ3v) is 6.92. The van der Waals surface area contributed by atoms with Crippen molar-refractivity contribution in [1.82, 2.24) is 21.3 Å². The van der Waals surface area contributed by atoms with Gasteiger partial charge in [0.25, 0.3) is 0 Å². The van der Waals surface area contributed by atoms with Crippen LogP contribution in [0.25, 0.3) is 0 Å². The Morgan fingerprint density at radius 2 is 0.891 bits per heavy atom. The van der Waals surface area contributed by atoms with E-state index < -0.39 is 47.3 Å². The SMILES string of the molecule is Cc1cc(O)cc(C)c1C[C@H](NC(=O)OC(C)(C)C)C(=O)NCCNC(=O)[C@H](Cc1c(C)cc(O)cc1C)NC(=O)OC(C)(C)C. The molecule has 2 aromatic rings. The second kappa shape index (κ2) is 15.7. The lowest BCUT2D eigenvalue weighted by Crippen LogP contribution is -2.52. The number of aryl methyl sites for hydroxylation is 4. The highest BCUT2D eigenvalue weighted by Crippen LogP contribution is 2.23. The molecular formula is C34H50N4O8. The van der Waals surface area contributed by atoms with E-state index in [1.807, 2.05) is 27.7 Å². The molecule has 4 amide bonds. The maximum Gasteiger partial charge on any atom is 0.408 e. The summed E-state index contributed by atoms with van der Waals surface area (Å²) >= 11 is 0. The fraction of sp³-hybridized carbons (Fsp3) is 0.529. The van der Waals surface area contributed by atoms with E-state index in [0.29, 0.717) is 0 Å². The molecule has 0 radical (unpaired) electrons. The number of amides is 4. The highest BCUT2D eigenvalue weighted by molar-refractivity contribution is 5.87. The molecule has 0 aliphatic rings. The summed E-state index contributed by atoms with van der Waals surface area (Å²) in [6.45, 7) is 17.6. The molecule has 2 aromatic carbocycles. The summed E-state index contributed by atoms with van der Waals surface area (Å²) < 4.78 is 10.7. The number of carbonyl (C=O) groups excluding carboxylic acids is 4. The molecular weight excluding hydrogens is 592 g/mol. The van der Waals surface area contributed by atoms with Gasteiger partial charge in [-0.2, -0.15) is 0 Å². The van der Waals surface area contributed by atoms with Gasteiger partial charge in [-0.05, 0) is 127 Å². The lowest BCUT2D eigenvalue weighted by Gasteiger charge is -2.25. The predicted octanol–water partition coefficient (Wildman–Crippen LogP) is 4.14. The first-order chi connectivity index (χ1) is 21.1. The largest absolute Gasteiger partial charge is 0.508 e.